The minimum absolute atomic E-state index is 0.150. The Hall–Kier alpha value is -1.76. The lowest BCUT2D eigenvalue weighted by Crippen LogP contribution is -2.06. The number of nitrogens with one attached hydrogen (secondary N) is 1. The summed E-state index contributed by atoms with van der Waals surface area (Å²) in [6.45, 7) is 4.13. The molecule has 4 heteroatoms. The van der Waals surface area contributed by atoms with E-state index >= 15 is 0 Å². The van der Waals surface area contributed by atoms with Gasteiger partial charge in [-0.3, -0.25) is 0 Å². The highest BCUT2D eigenvalue weighted by Crippen LogP contribution is 2.11. The Kier molecular flexibility index (Phi) is 9.86. The number of hydrogen-bond acceptors (Lipinski definition) is 2. The van der Waals surface area contributed by atoms with E-state index in [0.29, 0.717) is 5.69 Å². The number of halogens is 1. The van der Waals surface area contributed by atoms with Crippen LogP contribution in [-0.2, 0) is 4.74 Å². The van der Waals surface area contributed by atoms with Crippen LogP contribution in [0.15, 0.2) is 6.07 Å². The minimum atomic E-state index is -0.680. The molecule has 0 aliphatic carbocycles. The van der Waals surface area contributed by atoms with Gasteiger partial charge in [0.2, 0.25) is 0 Å². The molecular formula is C19H28FNO2. The van der Waals surface area contributed by atoms with Crippen molar-refractivity contribution in [3.8, 4) is 11.8 Å². The van der Waals surface area contributed by atoms with Gasteiger partial charge in [-0.25, -0.2) is 9.18 Å². The third-order valence-electron chi connectivity index (χ3n) is 3.63. The summed E-state index contributed by atoms with van der Waals surface area (Å²) in [6.07, 6.45) is 10.9. The van der Waals surface area contributed by atoms with E-state index in [0.717, 1.165) is 12.8 Å². The first-order valence-electron chi connectivity index (χ1n) is 8.73. The number of aromatic nitrogens is 1. The molecule has 1 rings (SSSR count). The van der Waals surface area contributed by atoms with E-state index in [4.69, 9.17) is 4.74 Å². The largest absolute Gasteiger partial charge is 0.461 e. The van der Waals surface area contributed by atoms with Crippen molar-refractivity contribution in [2.45, 2.75) is 71.6 Å². The van der Waals surface area contributed by atoms with Gasteiger partial charge in [0.25, 0.3) is 0 Å². The molecule has 1 heterocycles. The molecule has 128 valence electrons. The van der Waals surface area contributed by atoms with Gasteiger partial charge in [-0.15, -0.1) is 0 Å². The molecule has 0 spiro atoms. The minimum Gasteiger partial charge on any atom is -0.461 e. The molecule has 23 heavy (non-hydrogen) atoms. The van der Waals surface area contributed by atoms with E-state index in [1.54, 1.807) is 6.92 Å². The number of H-pyrrole nitrogens is 1. The molecule has 0 bridgehead atoms. The number of unbranched alkanes of at least 4 members (excludes halogenated alkanes) is 8. The molecular weight excluding hydrogens is 293 g/mol. The van der Waals surface area contributed by atoms with E-state index in [1.807, 2.05) is 0 Å². The molecule has 0 radical (unpaired) electrons. The Bertz CT molecular complexity index is 525. The second-order valence-electron chi connectivity index (χ2n) is 5.65. The normalized spacial score (nSPS) is 10.2. The quantitative estimate of drug-likeness (QED) is 0.365. The van der Waals surface area contributed by atoms with Crippen LogP contribution in [-0.4, -0.2) is 17.6 Å². The van der Waals surface area contributed by atoms with Crippen LogP contribution in [0.1, 0.15) is 87.8 Å². The molecule has 0 aliphatic heterocycles. The zero-order valence-electron chi connectivity index (χ0n) is 14.3. The standard InChI is InChI=1S/C19H28FNO2/c1-3-5-6-7-8-9-10-11-12-13-14-16-15-17(20)18(21-16)19(22)23-4-2/h15,21H,3-12H2,1-2H3. The Labute approximate surface area is 139 Å². The van der Waals surface area contributed by atoms with Crippen LogP contribution in [0.25, 0.3) is 0 Å². The Morgan fingerprint density at radius 2 is 1.78 bits per heavy atom. The van der Waals surface area contributed by atoms with Crippen LogP contribution in [0, 0.1) is 17.7 Å². The first-order chi connectivity index (χ1) is 11.2. The first-order valence-corrected chi connectivity index (χ1v) is 8.73. The number of esters is 1. The van der Waals surface area contributed by atoms with Crippen molar-refractivity contribution in [2.24, 2.45) is 0 Å². The van der Waals surface area contributed by atoms with Crippen molar-refractivity contribution in [3.05, 3.63) is 23.3 Å². The van der Waals surface area contributed by atoms with Crippen molar-refractivity contribution >= 4 is 5.97 Å². The highest BCUT2D eigenvalue weighted by atomic mass is 19.1. The maximum Gasteiger partial charge on any atom is 0.357 e. The summed E-state index contributed by atoms with van der Waals surface area (Å²) in [5.41, 5.74) is 0.272. The number of carbonyl (C=O) groups is 1. The van der Waals surface area contributed by atoms with E-state index in [1.165, 1.54) is 51.0 Å². The Morgan fingerprint density at radius 3 is 2.43 bits per heavy atom. The topological polar surface area (TPSA) is 42.1 Å². The van der Waals surface area contributed by atoms with E-state index in [9.17, 15) is 9.18 Å². The highest BCUT2D eigenvalue weighted by molar-refractivity contribution is 5.88. The molecule has 0 fully saturated rings. The van der Waals surface area contributed by atoms with Crippen molar-refractivity contribution < 1.29 is 13.9 Å². The number of carbonyl (C=O) groups excluding carboxylic acids is 1. The number of ether oxygens (including phenoxy) is 1. The third-order valence-corrected chi connectivity index (χ3v) is 3.63. The van der Waals surface area contributed by atoms with Gasteiger partial charge in [-0.1, -0.05) is 57.8 Å². The van der Waals surface area contributed by atoms with Crippen LogP contribution < -0.4 is 0 Å². The van der Waals surface area contributed by atoms with Gasteiger partial charge in [-0.2, -0.15) is 0 Å². The van der Waals surface area contributed by atoms with Crippen LogP contribution >= 0.6 is 0 Å². The molecule has 0 aliphatic rings. The van der Waals surface area contributed by atoms with E-state index in [2.05, 4.69) is 23.7 Å². The molecule has 1 N–H and O–H groups in total. The van der Waals surface area contributed by atoms with Crippen molar-refractivity contribution in [1.82, 2.24) is 4.98 Å². The lowest BCUT2D eigenvalue weighted by molar-refractivity contribution is 0.0515. The molecule has 0 amide bonds. The first kappa shape index (κ1) is 19.3. The SMILES string of the molecule is CCCCCCCCCCC#Cc1cc(F)c(C(=O)OCC)[nH]1. The molecule has 0 saturated carbocycles. The lowest BCUT2D eigenvalue weighted by Gasteiger charge is -1.99. The zero-order valence-corrected chi connectivity index (χ0v) is 14.3. The van der Waals surface area contributed by atoms with Crippen molar-refractivity contribution in [1.29, 1.82) is 0 Å². The van der Waals surface area contributed by atoms with Gasteiger partial charge in [0.15, 0.2) is 11.5 Å². The monoisotopic (exact) mass is 321 g/mol. The van der Waals surface area contributed by atoms with Crippen molar-refractivity contribution in [2.75, 3.05) is 6.61 Å². The summed E-state index contributed by atoms with van der Waals surface area (Å²) in [5, 5.41) is 0. The zero-order chi connectivity index (χ0) is 16.9. The molecule has 3 nitrogen and oxygen atoms in total. The highest BCUT2D eigenvalue weighted by Gasteiger charge is 2.15. The van der Waals surface area contributed by atoms with Crippen LogP contribution in [0.2, 0.25) is 0 Å². The molecule has 1 aromatic rings. The van der Waals surface area contributed by atoms with Gasteiger partial charge < -0.3 is 9.72 Å². The third kappa shape index (κ3) is 7.88. The number of aromatic amines is 1. The summed E-state index contributed by atoms with van der Waals surface area (Å²) < 4.78 is 18.4. The van der Waals surface area contributed by atoms with Crippen LogP contribution in [0.3, 0.4) is 0 Å². The van der Waals surface area contributed by atoms with Crippen molar-refractivity contribution in [3.63, 3.8) is 0 Å². The Morgan fingerprint density at radius 1 is 1.13 bits per heavy atom. The smallest absolute Gasteiger partial charge is 0.357 e. The van der Waals surface area contributed by atoms with Gasteiger partial charge in [0, 0.05) is 12.5 Å². The molecule has 0 atom stereocenters. The van der Waals surface area contributed by atoms with Gasteiger partial charge in [-0.05, 0) is 19.3 Å². The maximum absolute atomic E-state index is 13.6. The fourth-order valence-electron chi connectivity index (χ4n) is 2.35. The fourth-order valence-corrected chi connectivity index (χ4v) is 2.35. The predicted molar refractivity (Wildman–Crippen MR) is 90.8 cm³/mol. The molecule has 0 saturated heterocycles. The summed E-state index contributed by atoms with van der Waals surface area (Å²) in [7, 11) is 0. The fraction of sp³-hybridized carbons (Fsp3) is 0.632. The Balaban J connectivity index is 2.24. The summed E-state index contributed by atoms with van der Waals surface area (Å²) in [6, 6.07) is 1.24. The van der Waals surface area contributed by atoms with Crippen LogP contribution in [0.5, 0.6) is 0 Å². The van der Waals surface area contributed by atoms with Crippen LogP contribution in [0.4, 0.5) is 4.39 Å². The number of rotatable bonds is 10. The van der Waals surface area contributed by atoms with Gasteiger partial charge >= 0.3 is 5.97 Å². The molecule has 0 unspecified atom stereocenters. The molecule has 1 aromatic heterocycles. The molecule has 0 aromatic carbocycles. The number of hydrogen-bond donors (Lipinski definition) is 1. The van der Waals surface area contributed by atoms with E-state index in [-0.39, 0.29) is 12.3 Å². The second kappa shape index (κ2) is 11.8. The summed E-state index contributed by atoms with van der Waals surface area (Å²) in [5.74, 6) is 4.60. The summed E-state index contributed by atoms with van der Waals surface area (Å²) in [4.78, 5) is 14.2. The van der Waals surface area contributed by atoms with E-state index < -0.39 is 11.8 Å². The average molecular weight is 321 g/mol. The average Bonchev–Trinajstić information content (AvgIpc) is 2.90. The maximum atomic E-state index is 13.6. The van der Waals surface area contributed by atoms with Gasteiger partial charge in [0.1, 0.15) is 0 Å². The predicted octanol–water partition coefficient (Wildman–Crippen LogP) is 5.21. The van der Waals surface area contributed by atoms with Gasteiger partial charge in [0.05, 0.1) is 12.3 Å². The lowest BCUT2D eigenvalue weighted by atomic mass is 10.1. The summed E-state index contributed by atoms with van der Waals surface area (Å²) >= 11 is 0. The second-order valence-corrected chi connectivity index (χ2v) is 5.65.